The van der Waals surface area contributed by atoms with E-state index in [2.05, 4.69) is 0 Å². The molecule has 0 N–H and O–H groups in total. The molecule has 0 radical (unpaired) electrons. The molecule has 0 saturated carbocycles. The molecule has 1 aliphatic heterocycles. The van der Waals surface area contributed by atoms with Crippen LogP contribution in [0.3, 0.4) is 0 Å². The van der Waals surface area contributed by atoms with E-state index in [1.54, 1.807) is 18.2 Å². The van der Waals surface area contributed by atoms with Gasteiger partial charge < -0.3 is 9.32 Å². The van der Waals surface area contributed by atoms with Crippen molar-refractivity contribution in [1.82, 2.24) is 4.90 Å². The topological polar surface area (TPSA) is 33.5 Å². The highest BCUT2D eigenvalue weighted by molar-refractivity contribution is 5.94. The van der Waals surface area contributed by atoms with Crippen molar-refractivity contribution in [3.8, 4) is 0 Å². The average Bonchev–Trinajstić information content (AvgIpc) is 3.02. The molecule has 20 heavy (non-hydrogen) atoms. The summed E-state index contributed by atoms with van der Waals surface area (Å²) in [6.45, 7) is 0.728. The third-order valence-electron chi connectivity index (χ3n) is 3.79. The number of likely N-dealkylation sites (tertiary alicyclic amines) is 1. The molecule has 104 valence electrons. The maximum atomic E-state index is 13.0. The Morgan fingerprint density at radius 2 is 2.00 bits per heavy atom. The van der Waals surface area contributed by atoms with Gasteiger partial charge in [-0.1, -0.05) is 12.1 Å². The zero-order chi connectivity index (χ0) is 13.9. The Bertz CT molecular complexity index is 577. The van der Waals surface area contributed by atoms with Crippen LogP contribution in [0.1, 0.15) is 41.2 Å². The van der Waals surface area contributed by atoms with Crippen LogP contribution < -0.4 is 0 Å². The number of carbonyl (C=O) groups is 1. The van der Waals surface area contributed by atoms with Crippen molar-refractivity contribution < 1.29 is 13.6 Å². The van der Waals surface area contributed by atoms with Crippen LogP contribution in [0.4, 0.5) is 4.39 Å². The molecule has 2 heterocycles. The van der Waals surface area contributed by atoms with E-state index in [0.717, 1.165) is 31.4 Å². The lowest BCUT2D eigenvalue weighted by molar-refractivity contribution is 0.0611. The minimum Gasteiger partial charge on any atom is -0.472 e. The second kappa shape index (κ2) is 5.49. The number of amides is 1. The van der Waals surface area contributed by atoms with Crippen LogP contribution >= 0.6 is 0 Å². The first kappa shape index (κ1) is 12.9. The molecular weight excluding hydrogens is 257 g/mol. The number of nitrogens with zero attached hydrogens (tertiary/aromatic N) is 1. The predicted molar refractivity (Wildman–Crippen MR) is 72.7 cm³/mol. The molecule has 1 fully saturated rings. The first-order valence-corrected chi connectivity index (χ1v) is 6.84. The van der Waals surface area contributed by atoms with Gasteiger partial charge in [-0.05, 0) is 43.0 Å². The smallest absolute Gasteiger partial charge is 0.257 e. The fraction of sp³-hybridized carbons (Fsp3) is 0.312. The van der Waals surface area contributed by atoms with E-state index < -0.39 is 0 Å². The van der Waals surface area contributed by atoms with Gasteiger partial charge >= 0.3 is 0 Å². The van der Waals surface area contributed by atoms with Gasteiger partial charge in [0.25, 0.3) is 5.91 Å². The molecule has 3 nitrogen and oxygen atoms in total. The lowest BCUT2D eigenvalue weighted by Crippen LogP contribution is -2.38. The second-order valence-electron chi connectivity index (χ2n) is 5.07. The molecule has 4 heteroatoms. The summed E-state index contributed by atoms with van der Waals surface area (Å²) in [5.74, 6) is -0.273. The Morgan fingerprint density at radius 3 is 2.70 bits per heavy atom. The van der Waals surface area contributed by atoms with Crippen molar-refractivity contribution in [2.75, 3.05) is 6.54 Å². The van der Waals surface area contributed by atoms with Gasteiger partial charge in [0, 0.05) is 6.54 Å². The van der Waals surface area contributed by atoms with Crippen LogP contribution in [0.2, 0.25) is 0 Å². The fourth-order valence-electron chi connectivity index (χ4n) is 2.76. The molecule has 0 bridgehead atoms. The highest BCUT2D eigenvalue weighted by Crippen LogP contribution is 2.32. The van der Waals surface area contributed by atoms with Crippen LogP contribution in [0, 0.1) is 5.82 Å². The van der Waals surface area contributed by atoms with Crippen molar-refractivity contribution in [1.29, 1.82) is 0 Å². The van der Waals surface area contributed by atoms with E-state index in [0.29, 0.717) is 5.56 Å². The number of hydrogen-bond donors (Lipinski definition) is 0. The van der Waals surface area contributed by atoms with E-state index in [9.17, 15) is 9.18 Å². The molecule has 1 aliphatic rings. The molecule has 0 aliphatic carbocycles. The van der Waals surface area contributed by atoms with E-state index in [4.69, 9.17) is 4.42 Å². The maximum absolute atomic E-state index is 13.0. The van der Waals surface area contributed by atoms with Gasteiger partial charge in [0.2, 0.25) is 0 Å². The molecule has 1 atom stereocenters. The molecular formula is C16H16FNO2. The quantitative estimate of drug-likeness (QED) is 0.834. The molecule has 1 unspecified atom stereocenters. The minimum atomic E-state index is -0.253. The van der Waals surface area contributed by atoms with E-state index in [1.807, 2.05) is 4.90 Å². The van der Waals surface area contributed by atoms with Crippen LogP contribution in [-0.4, -0.2) is 17.4 Å². The highest BCUT2D eigenvalue weighted by Gasteiger charge is 2.29. The van der Waals surface area contributed by atoms with Crippen molar-refractivity contribution >= 4 is 5.91 Å². The van der Waals surface area contributed by atoms with Gasteiger partial charge in [0.05, 0.1) is 17.9 Å². The minimum absolute atomic E-state index is 0.0201. The lowest BCUT2D eigenvalue weighted by atomic mass is 9.94. The Kier molecular flexibility index (Phi) is 3.54. The van der Waals surface area contributed by atoms with Crippen molar-refractivity contribution in [2.45, 2.75) is 25.3 Å². The Balaban J connectivity index is 1.87. The van der Waals surface area contributed by atoms with Crippen LogP contribution in [0.25, 0.3) is 0 Å². The summed E-state index contributed by atoms with van der Waals surface area (Å²) in [7, 11) is 0. The summed E-state index contributed by atoms with van der Waals surface area (Å²) in [6, 6.07) is 8.13. The standard InChI is InChI=1S/C16H16FNO2/c17-14-6-4-12(5-7-14)15-3-1-2-9-18(15)16(19)13-8-10-20-11-13/h4-8,10-11,15H,1-3,9H2. The fourth-order valence-corrected chi connectivity index (χ4v) is 2.76. The highest BCUT2D eigenvalue weighted by atomic mass is 19.1. The Hall–Kier alpha value is -2.10. The SMILES string of the molecule is O=C(c1ccoc1)N1CCCCC1c1ccc(F)cc1. The van der Waals surface area contributed by atoms with Gasteiger partial charge in [-0.3, -0.25) is 4.79 Å². The number of halogens is 1. The van der Waals surface area contributed by atoms with Crippen LogP contribution in [-0.2, 0) is 0 Å². The molecule has 1 amide bonds. The average molecular weight is 273 g/mol. The van der Waals surface area contributed by atoms with Gasteiger partial charge in [0.15, 0.2) is 0 Å². The number of carbonyl (C=O) groups excluding carboxylic acids is 1. The van der Waals surface area contributed by atoms with Crippen molar-refractivity contribution in [2.24, 2.45) is 0 Å². The zero-order valence-electron chi connectivity index (χ0n) is 11.1. The summed E-state index contributed by atoms with van der Waals surface area (Å²) in [4.78, 5) is 14.4. The molecule has 1 aromatic carbocycles. The van der Waals surface area contributed by atoms with Crippen LogP contribution in [0.15, 0.2) is 47.3 Å². The van der Waals surface area contributed by atoms with Crippen molar-refractivity contribution in [3.63, 3.8) is 0 Å². The van der Waals surface area contributed by atoms with E-state index in [-0.39, 0.29) is 17.8 Å². The van der Waals surface area contributed by atoms with Gasteiger partial charge in [-0.25, -0.2) is 4.39 Å². The van der Waals surface area contributed by atoms with Crippen molar-refractivity contribution in [3.05, 3.63) is 59.8 Å². The van der Waals surface area contributed by atoms with Gasteiger partial charge in [0.1, 0.15) is 12.1 Å². The monoisotopic (exact) mass is 273 g/mol. The number of rotatable bonds is 2. The Morgan fingerprint density at radius 1 is 1.20 bits per heavy atom. The zero-order valence-corrected chi connectivity index (χ0v) is 11.1. The normalized spacial score (nSPS) is 19.1. The Labute approximate surface area is 117 Å². The number of benzene rings is 1. The number of furan rings is 1. The largest absolute Gasteiger partial charge is 0.472 e. The van der Waals surface area contributed by atoms with E-state index >= 15 is 0 Å². The first-order valence-electron chi connectivity index (χ1n) is 6.84. The lowest BCUT2D eigenvalue weighted by Gasteiger charge is -2.36. The summed E-state index contributed by atoms with van der Waals surface area (Å²) in [6.07, 6.45) is 5.97. The first-order chi connectivity index (χ1) is 9.75. The summed E-state index contributed by atoms with van der Waals surface area (Å²) >= 11 is 0. The maximum Gasteiger partial charge on any atom is 0.257 e. The second-order valence-corrected chi connectivity index (χ2v) is 5.07. The third kappa shape index (κ3) is 2.46. The number of hydrogen-bond acceptors (Lipinski definition) is 2. The third-order valence-corrected chi connectivity index (χ3v) is 3.79. The predicted octanol–water partition coefficient (Wildman–Crippen LogP) is 3.79. The molecule has 2 aromatic rings. The molecule has 1 saturated heterocycles. The van der Waals surface area contributed by atoms with E-state index in [1.165, 1.54) is 24.7 Å². The molecule has 1 aromatic heterocycles. The summed E-state index contributed by atoms with van der Waals surface area (Å²) in [5, 5.41) is 0. The number of piperidine rings is 1. The molecule has 0 spiro atoms. The van der Waals surface area contributed by atoms with Gasteiger partial charge in [-0.2, -0.15) is 0 Å². The van der Waals surface area contributed by atoms with Crippen LogP contribution in [0.5, 0.6) is 0 Å². The van der Waals surface area contributed by atoms with Gasteiger partial charge in [-0.15, -0.1) is 0 Å². The summed E-state index contributed by atoms with van der Waals surface area (Å²) < 4.78 is 18.0. The summed E-state index contributed by atoms with van der Waals surface area (Å²) in [5.41, 5.74) is 1.56. The molecule has 3 rings (SSSR count).